The predicted molar refractivity (Wildman–Crippen MR) is 215 cm³/mol. The van der Waals surface area contributed by atoms with Gasteiger partial charge >= 0.3 is 0 Å². The Bertz CT molecular complexity index is 2360. The molecule has 1 heterocycles. The molecule has 49 heavy (non-hydrogen) atoms. The monoisotopic (exact) mass is 645 g/mol. The molecular formula is C47H35NS. The molecule has 1 nitrogen and oxygen atoms in total. The molecule has 0 bridgehead atoms. The second-order valence-corrected chi connectivity index (χ2v) is 13.5. The zero-order valence-electron chi connectivity index (χ0n) is 27.3. The second kappa shape index (κ2) is 13.6. The highest BCUT2D eigenvalue weighted by Crippen LogP contribution is 2.36. The van der Waals surface area contributed by atoms with Crippen LogP contribution in [0.2, 0.25) is 0 Å². The Labute approximate surface area is 292 Å². The van der Waals surface area contributed by atoms with Gasteiger partial charge in [-0.2, -0.15) is 0 Å². The first-order valence-corrected chi connectivity index (χ1v) is 17.5. The van der Waals surface area contributed by atoms with Gasteiger partial charge in [-0.1, -0.05) is 133 Å². The van der Waals surface area contributed by atoms with Crippen molar-refractivity contribution in [3.8, 4) is 11.1 Å². The quantitative estimate of drug-likeness (QED) is 0.149. The maximum Gasteiger partial charge on any atom is 0.0462 e. The average molecular weight is 646 g/mol. The van der Waals surface area contributed by atoms with E-state index in [1.54, 1.807) is 11.3 Å². The van der Waals surface area contributed by atoms with Gasteiger partial charge in [0.25, 0.3) is 0 Å². The minimum absolute atomic E-state index is 1.12. The van der Waals surface area contributed by atoms with E-state index in [9.17, 15) is 0 Å². The van der Waals surface area contributed by atoms with Crippen molar-refractivity contribution in [2.24, 2.45) is 0 Å². The van der Waals surface area contributed by atoms with E-state index >= 15 is 0 Å². The number of nitrogens with zero attached hydrogens (tertiary/aromatic N) is 1. The predicted octanol–water partition coefficient (Wildman–Crippen LogP) is 13.8. The van der Waals surface area contributed by atoms with Crippen molar-refractivity contribution in [1.29, 1.82) is 0 Å². The topological polar surface area (TPSA) is 3.24 Å². The molecule has 0 N–H and O–H groups in total. The first-order chi connectivity index (χ1) is 24.2. The van der Waals surface area contributed by atoms with E-state index in [4.69, 9.17) is 0 Å². The van der Waals surface area contributed by atoms with E-state index in [0.29, 0.717) is 0 Å². The largest absolute Gasteiger partial charge is 0.311 e. The summed E-state index contributed by atoms with van der Waals surface area (Å²) in [4.78, 5) is 4.78. The minimum atomic E-state index is 1.12. The maximum absolute atomic E-state index is 2.32. The molecule has 0 radical (unpaired) electrons. The summed E-state index contributed by atoms with van der Waals surface area (Å²) in [5.41, 5.74) is 9.50. The van der Waals surface area contributed by atoms with Gasteiger partial charge in [0.2, 0.25) is 0 Å². The summed E-state index contributed by atoms with van der Waals surface area (Å²) in [6.45, 7) is 2.13. The van der Waals surface area contributed by atoms with Crippen molar-refractivity contribution in [1.82, 2.24) is 0 Å². The zero-order chi connectivity index (χ0) is 33.0. The van der Waals surface area contributed by atoms with Crippen LogP contribution < -0.4 is 4.90 Å². The van der Waals surface area contributed by atoms with Crippen LogP contribution in [-0.2, 0) is 0 Å². The Morgan fingerprint density at radius 2 is 0.918 bits per heavy atom. The summed E-state index contributed by atoms with van der Waals surface area (Å²) in [6, 6.07) is 60.9. The molecule has 2 heteroatoms. The van der Waals surface area contributed by atoms with Crippen LogP contribution >= 0.6 is 11.3 Å². The summed E-state index contributed by atoms with van der Waals surface area (Å²) < 4.78 is 0. The average Bonchev–Trinajstić information content (AvgIpc) is 3.62. The molecule has 0 aliphatic heterocycles. The number of hydrogen-bond acceptors (Lipinski definition) is 2. The molecule has 234 valence electrons. The second-order valence-electron chi connectivity index (χ2n) is 12.3. The zero-order valence-corrected chi connectivity index (χ0v) is 28.1. The maximum atomic E-state index is 2.32. The van der Waals surface area contributed by atoms with Gasteiger partial charge in [-0.05, 0) is 117 Å². The SMILES string of the molecule is Cc1ccc(N(c2ccc(C=Cc3ccc(C=Cc4c5ccccc5cc5ccccc45)s3)cc2)c2ccc(-c3ccccc3)cc2)cc1. The van der Waals surface area contributed by atoms with Gasteiger partial charge in [0.05, 0.1) is 0 Å². The fourth-order valence-corrected chi connectivity index (χ4v) is 7.25. The van der Waals surface area contributed by atoms with Gasteiger partial charge in [-0.25, -0.2) is 0 Å². The molecule has 0 unspecified atom stereocenters. The fraction of sp³-hybridized carbons (Fsp3) is 0.0213. The van der Waals surface area contributed by atoms with E-state index in [1.807, 2.05) is 0 Å². The van der Waals surface area contributed by atoms with Crippen LogP contribution in [0, 0.1) is 6.92 Å². The lowest BCUT2D eigenvalue weighted by molar-refractivity contribution is 1.27. The Morgan fingerprint density at radius 1 is 0.429 bits per heavy atom. The molecule has 0 amide bonds. The van der Waals surface area contributed by atoms with Gasteiger partial charge in [-0.3, -0.25) is 0 Å². The molecule has 0 aliphatic rings. The van der Waals surface area contributed by atoms with Crippen molar-refractivity contribution >= 4 is 74.2 Å². The number of benzene rings is 7. The fourth-order valence-electron chi connectivity index (χ4n) is 6.43. The first kappa shape index (κ1) is 30.4. The minimum Gasteiger partial charge on any atom is -0.311 e. The van der Waals surface area contributed by atoms with Crippen molar-refractivity contribution in [3.05, 3.63) is 196 Å². The number of hydrogen-bond donors (Lipinski definition) is 0. The van der Waals surface area contributed by atoms with E-state index in [0.717, 1.165) is 17.1 Å². The summed E-state index contributed by atoms with van der Waals surface area (Å²) in [6.07, 6.45) is 8.94. The van der Waals surface area contributed by atoms with Crippen molar-refractivity contribution in [3.63, 3.8) is 0 Å². The molecule has 7 aromatic carbocycles. The van der Waals surface area contributed by atoms with Gasteiger partial charge < -0.3 is 4.90 Å². The van der Waals surface area contributed by atoms with Crippen molar-refractivity contribution in [2.75, 3.05) is 4.90 Å². The third-order valence-corrected chi connectivity index (χ3v) is 10.0. The van der Waals surface area contributed by atoms with Crippen LogP contribution in [0.25, 0.3) is 57.0 Å². The molecule has 0 saturated carbocycles. The van der Waals surface area contributed by atoms with Gasteiger partial charge in [0.1, 0.15) is 0 Å². The highest BCUT2D eigenvalue weighted by atomic mass is 32.1. The summed E-state index contributed by atoms with van der Waals surface area (Å²) in [5.74, 6) is 0. The summed E-state index contributed by atoms with van der Waals surface area (Å²) in [7, 11) is 0. The summed E-state index contributed by atoms with van der Waals surface area (Å²) in [5, 5.41) is 5.10. The lowest BCUT2D eigenvalue weighted by Gasteiger charge is -2.26. The van der Waals surface area contributed by atoms with E-state index in [1.165, 1.54) is 59.1 Å². The molecule has 1 aromatic heterocycles. The lowest BCUT2D eigenvalue weighted by Crippen LogP contribution is -2.09. The smallest absolute Gasteiger partial charge is 0.0462 e. The Morgan fingerprint density at radius 3 is 1.53 bits per heavy atom. The van der Waals surface area contributed by atoms with E-state index in [2.05, 4.69) is 206 Å². The Hall–Kier alpha value is -5.96. The van der Waals surface area contributed by atoms with Crippen LogP contribution in [0.15, 0.2) is 170 Å². The number of anilines is 3. The number of fused-ring (bicyclic) bond motifs is 2. The molecular weight excluding hydrogens is 611 g/mol. The number of thiophene rings is 1. The van der Waals surface area contributed by atoms with Gasteiger partial charge in [0.15, 0.2) is 0 Å². The van der Waals surface area contributed by atoms with Crippen LogP contribution in [0.4, 0.5) is 17.1 Å². The van der Waals surface area contributed by atoms with Crippen LogP contribution in [0.1, 0.15) is 26.4 Å². The molecule has 0 aliphatic carbocycles. The van der Waals surface area contributed by atoms with E-state index < -0.39 is 0 Å². The summed E-state index contributed by atoms with van der Waals surface area (Å²) >= 11 is 1.80. The standard InChI is InChI=1S/C47H35NS/c1-34-15-22-40(23-16-34)48(42-26-20-37(21-27-42)36-9-3-2-4-10-36)41-24-17-35(18-25-41)19-28-43-29-30-44(49-43)31-32-47-45-13-7-5-11-38(45)33-39-12-6-8-14-46(39)47/h2-33H,1H3. The molecule has 8 rings (SSSR count). The van der Waals surface area contributed by atoms with Crippen LogP contribution in [0.3, 0.4) is 0 Å². The lowest BCUT2D eigenvalue weighted by atomic mass is 9.96. The molecule has 0 fully saturated rings. The van der Waals surface area contributed by atoms with Gasteiger partial charge in [-0.15, -0.1) is 11.3 Å². The highest BCUT2D eigenvalue weighted by Gasteiger charge is 2.13. The molecule has 0 atom stereocenters. The Balaban J connectivity index is 1.03. The number of aryl methyl sites for hydroxylation is 1. The van der Waals surface area contributed by atoms with Crippen molar-refractivity contribution < 1.29 is 0 Å². The molecule has 0 spiro atoms. The van der Waals surface area contributed by atoms with Crippen molar-refractivity contribution in [2.45, 2.75) is 6.92 Å². The highest BCUT2D eigenvalue weighted by molar-refractivity contribution is 7.13. The normalized spacial score (nSPS) is 11.6. The number of rotatable bonds is 8. The third-order valence-electron chi connectivity index (χ3n) is 8.99. The molecule has 8 aromatic rings. The van der Waals surface area contributed by atoms with Crippen LogP contribution in [-0.4, -0.2) is 0 Å². The third kappa shape index (κ3) is 6.60. The van der Waals surface area contributed by atoms with Crippen LogP contribution in [0.5, 0.6) is 0 Å². The Kier molecular flexibility index (Phi) is 8.46. The van der Waals surface area contributed by atoms with E-state index in [-0.39, 0.29) is 0 Å². The molecule has 0 saturated heterocycles. The van der Waals surface area contributed by atoms with Gasteiger partial charge in [0, 0.05) is 26.8 Å². The first-order valence-electron chi connectivity index (χ1n) is 16.7.